The van der Waals surface area contributed by atoms with Crippen molar-refractivity contribution in [3.63, 3.8) is 0 Å². The molecule has 0 aliphatic carbocycles. The maximum absolute atomic E-state index is 12.1. The Kier molecular flexibility index (Phi) is 3.16. The molecule has 0 fully saturated rings. The lowest BCUT2D eigenvalue weighted by Gasteiger charge is -2.12. The fourth-order valence-electron chi connectivity index (χ4n) is 1.98. The number of carbonyl (C=O) groups is 1. The summed E-state index contributed by atoms with van der Waals surface area (Å²) in [5.74, 6) is -1.24. The SMILES string of the molecule is CCn1cc(C(=O)O)c(=O)c2cc(OC)c(O)cc21. The van der Waals surface area contributed by atoms with Gasteiger partial charge in [-0.3, -0.25) is 4.79 Å². The Hall–Kier alpha value is -2.50. The molecule has 100 valence electrons. The van der Waals surface area contributed by atoms with Crippen molar-refractivity contribution in [1.29, 1.82) is 0 Å². The second kappa shape index (κ2) is 4.64. The molecule has 1 aromatic heterocycles. The fourth-order valence-corrected chi connectivity index (χ4v) is 1.98. The molecule has 0 bridgehead atoms. The molecule has 1 aromatic carbocycles. The summed E-state index contributed by atoms with van der Waals surface area (Å²) in [4.78, 5) is 23.1. The van der Waals surface area contributed by atoms with Gasteiger partial charge in [-0.25, -0.2) is 4.79 Å². The third-order valence-electron chi connectivity index (χ3n) is 2.95. The van der Waals surface area contributed by atoms with Crippen LogP contribution in [0.2, 0.25) is 0 Å². The predicted molar refractivity (Wildman–Crippen MR) is 69.1 cm³/mol. The van der Waals surface area contributed by atoms with E-state index in [1.54, 1.807) is 4.57 Å². The quantitative estimate of drug-likeness (QED) is 0.874. The van der Waals surface area contributed by atoms with Crippen molar-refractivity contribution in [3.8, 4) is 11.5 Å². The van der Waals surface area contributed by atoms with Gasteiger partial charge in [-0.05, 0) is 13.0 Å². The van der Waals surface area contributed by atoms with Gasteiger partial charge in [0.25, 0.3) is 0 Å². The van der Waals surface area contributed by atoms with E-state index in [1.165, 1.54) is 25.4 Å². The Morgan fingerprint density at radius 1 is 1.42 bits per heavy atom. The number of carboxylic acid groups (broad SMARTS) is 1. The Bertz CT molecular complexity index is 717. The zero-order valence-electron chi connectivity index (χ0n) is 10.5. The van der Waals surface area contributed by atoms with Crippen LogP contribution in [0.5, 0.6) is 11.5 Å². The summed E-state index contributed by atoms with van der Waals surface area (Å²) in [6.07, 6.45) is 1.28. The van der Waals surface area contributed by atoms with E-state index in [9.17, 15) is 14.7 Å². The summed E-state index contributed by atoms with van der Waals surface area (Å²) in [6.45, 7) is 2.29. The van der Waals surface area contributed by atoms with Crippen molar-refractivity contribution in [2.45, 2.75) is 13.5 Å². The number of phenols is 1. The van der Waals surface area contributed by atoms with Crippen LogP contribution in [0.1, 0.15) is 17.3 Å². The molecule has 0 amide bonds. The number of carboxylic acids is 1. The normalized spacial score (nSPS) is 10.6. The number of aromatic nitrogens is 1. The smallest absolute Gasteiger partial charge is 0.341 e. The Balaban J connectivity index is 2.95. The second-order valence-corrected chi connectivity index (χ2v) is 4.00. The van der Waals surface area contributed by atoms with E-state index in [2.05, 4.69) is 0 Å². The molecule has 1 heterocycles. The highest BCUT2D eigenvalue weighted by Crippen LogP contribution is 2.30. The standard InChI is InChI=1S/C13H13NO5/c1-3-14-6-8(13(17)18)12(16)7-4-11(19-2)10(15)5-9(7)14/h4-6,15H,3H2,1-2H3,(H,17,18). The molecular formula is C13H13NO5. The number of hydrogen-bond donors (Lipinski definition) is 2. The molecule has 2 N–H and O–H groups in total. The number of pyridine rings is 1. The number of aromatic carboxylic acids is 1. The van der Waals surface area contributed by atoms with Crippen molar-refractivity contribution < 1.29 is 19.7 Å². The summed E-state index contributed by atoms with van der Waals surface area (Å²) < 4.78 is 6.53. The molecule has 0 atom stereocenters. The van der Waals surface area contributed by atoms with Gasteiger partial charge in [0.15, 0.2) is 11.5 Å². The van der Waals surface area contributed by atoms with Crippen molar-refractivity contribution >= 4 is 16.9 Å². The molecule has 2 rings (SSSR count). The highest BCUT2D eigenvalue weighted by Gasteiger charge is 2.16. The number of methoxy groups -OCH3 is 1. The molecule has 0 saturated carbocycles. The zero-order valence-corrected chi connectivity index (χ0v) is 10.5. The molecule has 6 nitrogen and oxygen atoms in total. The first kappa shape index (κ1) is 12.9. The highest BCUT2D eigenvalue weighted by atomic mass is 16.5. The molecule has 2 aromatic rings. The average Bonchev–Trinajstić information content (AvgIpc) is 2.38. The van der Waals surface area contributed by atoms with Crippen LogP contribution in [0.15, 0.2) is 23.1 Å². The lowest BCUT2D eigenvalue weighted by atomic mass is 10.1. The van der Waals surface area contributed by atoms with Gasteiger partial charge in [0, 0.05) is 18.8 Å². The van der Waals surface area contributed by atoms with Crippen LogP contribution in [-0.2, 0) is 6.54 Å². The third kappa shape index (κ3) is 2.01. The first-order valence-corrected chi connectivity index (χ1v) is 5.67. The van der Waals surface area contributed by atoms with Crippen LogP contribution in [0, 0.1) is 0 Å². The number of benzene rings is 1. The van der Waals surface area contributed by atoms with Crippen molar-refractivity contribution in [3.05, 3.63) is 34.1 Å². The maximum Gasteiger partial charge on any atom is 0.341 e. The van der Waals surface area contributed by atoms with E-state index in [4.69, 9.17) is 9.84 Å². The molecule has 19 heavy (non-hydrogen) atoms. The monoisotopic (exact) mass is 263 g/mol. The van der Waals surface area contributed by atoms with Gasteiger partial charge in [-0.2, -0.15) is 0 Å². The van der Waals surface area contributed by atoms with E-state index in [1.807, 2.05) is 6.92 Å². The number of phenolic OH excluding ortho intramolecular Hbond substituents is 1. The number of aromatic hydroxyl groups is 1. The second-order valence-electron chi connectivity index (χ2n) is 4.00. The van der Waals surface area contributed by atoms with Crippen LogP contribution >= 0.6 is 0 Å². The van der Waals surface area contributed by atoms with Gasteiger partial charge in [0.1, 0.15) is 5.56 Å². The molecule has 0 aliphatic rings. The largest absolute Gasteiger partial charge is 0.504 e. The summed E-state index contributed by atoms with van der Waals surface area (Å²) in [5, 5.41) is 19.0. The average molecular weight is 263 g/mol. The molecule has 0 saturated heterocycles. The van der Waals surface area contributed by atoms with Gasteiger partial charge >= 0.3 is 5.97 Å². The highest BCUT2D eigenvalue weighted by molar-refractivity contribution is 5.93. The Morgan fingerprint density at radius 3 is 2.63 bits per heavy atom. The number of rotatable bonds is 3. The number of hydrogen-bond acceptors (Lipinski definition) is 4. The van der Waals surface area contributed by atoms with Gasteiger partial charge in [0.2, 0.25) is 5.43 Å². The topological polar surface area (TPSA) is 88.8 Å². The summed E-state index contributed by atoms with van der Waals surface area (Å²) in [5.41, 5.74) is -0.427. The van der Waals surface area contributed by atoms with E-state index in [0.29, 0.717) is 12.1 Å². The lowest BCUT2D eigenvalue weighted by molar-refractivity contribution is 0.0695. The molecular weight excluding hydrogens is 250 g/mol. The van der Waals surface area contributed by atoms with Crippen LogP contribution in [0.3, 0.4) is 0 Å². The fraction of sp³-hybridized carbons (Fsp3) is 0.231. The summed E-state index contributed by atoms with van der Waals surface area (Å²) in [7, 11) is 1.36. The van der Waals surface area contributed by atoms with E-state index in [0.717, 1.165) is 0 Å². The maximum atomic E-state index is 12.1. The first-order chi connectivity index (χ1) is 8.99. The van der Waals surface area contributed by atoms with Gasteiger partial charge in [0.05, 0.1) is 18.0 Å². The Labute approximate surface area is 108 Å². The van der Waals surface area contributed by atoms with Gasteiger partial charge < -0.3 is 19.5 Å². The molecule has 0 spiro atoms. The number of ether oxygens (including phenoxy) is 1. The van der Waals surface area contributed by atoms with Gasteiger partial charge in [-0.1, -0.05) is 0 Å². The van der Waals surface area contributed by atoms with Crippen molar-refractivity contribution in [1.82, 2.24) is 4.57 Å². The summed E-state index contributed by atoms with van der Waals surface area (Å²) >= 11 is 0. The van der Waals surface area contributed by atoms with E-state index >= 15 is 0 Å². The minimum absolute atomic E-state index is 0.0975. The molecule has 0 aliphatic heterocycles. The van der Waals surface area contributed by atoms with Crippen molar-refractivity contribution in [2.24, 2.45) is 0 Å². The Morgan fingerprint density at radius 2 is 2.11 bits per heavy atom. The minimum Gasteiger partial charge on any atom is -0.504 e. The first-order valence-electron chi connectivity index (χ1n) is 5.67. The zero-order chi connectivity index (χ0) is 14.2. The minimum atomic E-state index is -1.28. The van der Waals surface area contributed by atoms with Crippen LogP contribution < -0.4 is 10.2 Å². The third-order valence-corrected chi connectivity index (χ3v) is 2.95. The summed E-state index contributed by atoms with van der Waals surface area (Å²) in [6, 6.07) is 2.75. The lowest BCUT2D eigenvalue weighted by Crippen LogP contribution is -2.18. The van der Waals surface area contributed by atoms with E-state index in [-0.39, 0.29) is 22.4 Å². The number of fused-ring (bicyclic) bond motifs is 1. The molecule has 6 heteroatoms. The van der Waals surface area contributed by atoms with Crippen LogP contribution in [-0.4, -0.2) is 27.9 Å². The molecule has 0 unspecified atom stereocenters. The van der Waals surface area contributed by atoms with Crippen LogP contribution in [0.25, 0.3) is 10.9 Å². The van der Waals surface area contributed by atoms with E-state index < -0.39 is 11.4 Å². The molecule has 0 radical (unpaired) electrons. The predicted octanol–water partition coefficient (Wildman–Crippen LogP) is 1.43. The van der Waals surface area contributed by atoms with Crippen LogP contribution in [0.4, 0.5) is 0 Å². The van der Waals surface area contributed by atoms with Crippen molar-refractivity contribution in [2.75, 3.05) is 7.11 Å². The number of aryl methyl sites for hydroxylation is 1. The number of nitrogens with zero attached hydrogens (tertiary/aromatic N) is 1. The van der Waals surface area contributed by atoms with Gasteiger partial charge in [-0.15, -0.1) is 0 Å².